The second-order valence-electron chi connectivity index (χ2n) is 3.08. The minimum Gasteiger partial charge on any atom is -0.294 e. The van der Waals surface area contributed by atoms with Crippen LogP contribution in [0.4, 0.5) is 0 Å². The molecule has 0 spiro atoms. The lowest BCUT2D eigenvalue weighted by atomic mass is 10.3. The lowest BCUT2D eigenvalue weighted by Gasteiger charge is -2.18. The van der Waals surface area contributed by atoms with Crippen LogP contribution in [0.2, 0.25) is 0 Å². The van der Waals surface area contributed by atoms with E-state index in [4.69, 9.17) is 20.3 Å². The van der Waals surface area contributed by atoms with Crippen LogP contribution in [0.5, 0.6) is 0 Å². The van der Waals surface area contributed by atoms with Crippen molar-refractivity contribution in [3.05, 3.63) is 0 Å². The van der Waals surface area contributed by atoms with Crippen LogP contribution < -0.4 is 0 Å². The summed E-state index contributed by atoms with van der Waals surface area (Å²) in [6, 6.07) is 0. The Morgan fingerprint density at radius 1 is 1.15 bits per heavy atom. The monoisotopic (exact) mass is 228 g/mol. The van der Waals surface area contributed by atoms with Crippen molar-refractivity contribution in [1.82, 2.24) is 0 Å². The summed E-state index contributed by atoms with van der Waals surface area (Å²) >= 11 is 5.59. The topological polar surface area (TPSA) is 35.5 Å². The molecule has 0 aromatic heterocycles. The maximum Gasteiger partial charge on any atom is 0.424 e. The summed E-state index contributed by atoms with van der Waals surface area (Å²) in [5.74, 6) is 0. The van der Waals surface area contributed by atoms with E-state index in [1.54, 1.807) is 0 Å². The fourth-order valence-corrected chi connectivity index (χ4v) is 2.63. The van der Waals surface area contributed by atoms with Gasteiger partial charge in [-0.3, -0.25) is 9.05 Å². The van der Waals surface area contributed by atoms with Crippen LogP contribution in [0.3, 0.4) is 0 Å². The summed E-state index contributed by atoms with van der Waals surface area (Å²) in [6.45, 7) is 4.13. The van der Waals surface area contributed by atoms with E-state index < -0.39 is 6.95 Å². The Morgan fingerprint density at radius 2 is 1.46 bits per heavy atom. The summed E-state index contributed by atoms with van der Waals surface area (Å²) in [7, 11) is 0. The fraction of sp³-hybridized carbons (Fsp3) is 1.00. The van der Waals surface area contributed by atoms with Crippen molar-refractivity contribution in [1.29, 1.82) is 0 Å². The molecule has 0 aliphatic rings. The van der Waals surface area contributed by atoms with E-state index in [0.29, 0.717) is 0 Å². The molecule has 0 bridgehead atoms. The van der Waals surface area contributed by atoms with Gasteiger partial charge in [-0.25, -0.2) is 4.57 Å². The Labute approximate surface area is 85.1 Å². The van der Waals surface area contributed by atoms with Crippen molar-refractivity contribution in [3.8, 4) is 0 Å². The van der Waals surface area contributed by atoms with Crippen LogP contribution in [0.15, 0.2) is 0 Å². The smallest absolute Gasteiger partial charge is 0.294 e. The summed E-state index contributed by atoms with van der Waals surface area (Å²) < 4.78 is 21.6. The molecular formula is C8H18ClO3P. The van der Waals surface area contributed by atoms with Crippen LogP contribution in [0.25, 0.3) is 0 Å². The standard InChI is InChI=1S/C8H18ClO3P/c1-5-7(3)11-13(9,10)12-8(4)6-2/h7-8H,5-6H2,1-4H3. The fourth-order valence-electron chi connectivity index (χ4n) is 0.604. The number of hydrogen-bond acceptors (Lipinski definition) is 3. The van der Waals surface area contributed by atoms with Gasteiger partial charge in [0.25, 0.3) is 0 Å². The van der Waals surface area contributed by atoms with Gasteiger partial charge >= 0.3 is 6.95 Å². The zero-order valence-electron chi connectivity index (χ0n) is 8.62. The molecule has 0 fully saturated rings. The van der Waals surface area contributed by atoms with Gasteiger partial charge in [0.05, 0.1) is 12.2 Å². The second kappa shape index (κ2) is 6.02. The highest BCUT2D eigenvalue weighted by atomic mass is 35.7. The maximum absolute atomic E-state index is 11.5. The summed E-state index contributed by atoms with van der Waals surface area (Å²) in [4.78, 5) is 0. The normalized spacial score (nSPS) is 20.7. The van der Waals surface area contributed by atoms with Crippen LogP contribution in [-0.2, 0) is 13.6 Å². The van der Waals surface area contributed by atoms with Gasteiger partial charge in [0.1, 0.15) is 0 Å². The third kappa shape index (κ3) is 6.50. The minimum atomic E-state index is -3.37. The number of hydrogen-bond donors (Lipinski definition) is 0. The zero-order chi connectivity index (χ0) is 10.5. The van der Waals surface area contributed by atoms with Gasteiger partial charge in [-0.15, -0.1) is 0 Å². The maximum atomic E-state index is 11.5. The molecule has 80 valence electrons. The predicted octanol–water partition coefficient (Wildman–Crippen LogP) is 3.96. The van der Waals surface area contributed by atoms with Gasteiger partial charge in [-0.2, -0.15) is 0 Å². The molecule has 0 saturated heterocycles. The highest BCUT2D eigenvalue weighted by Gasteiger charge is 2.25. The molecule has 0 aromatic rings. The molecule has 13 heavy (non-hydrogen) atoms. The van der Waals surface area contributed by atoms with E-state index >= 15 is 0 Å². The molecule has 0 saturated carbocycles. The highest BCUT2D eigenvalue weighted by molar-refractivity contribution is 7.81. The Kier molecular flexibility index (Phi) is 6.23. The van der Waals surface area contributed by atoms with Crippen molar-refractivity contribution in [2.24, 2.45) is 0 Å². The van der Waals surface area contributed by atoms with Crippen molar-refractivity contribution < 1.29 is 13.6 Å². The van der Waals surface area contributed by atoms with Crippen molar-refractivity contribution in [3.63, 3.8) is 0 Å². The third-order valence-electron chi connectivity index (χ3n) is 1.76. The molecule has 0 aromatic carbocycles. The highest BCUT2D eigenvalue weighted by Crippen LogP contribution is 2.55. The first-order valence-electron chi connectivity index (χ1n) is 4.57. The predicted molar refractivity (Wildman–Crippen MR) is 55.1 cm³/mol. The van der Waals surface area contributed by atoms with Crippen molar-refractivity contribution in [2.45, 2.75) is 52.7 Å². The van der Waals surface area contributed by atoms with E-state index in [0.717, 1.165) is 12.8 Å². The van der Waals surface area contributed by atoms with E-state index in [1.807, 2.05) is 27.7 Å². The Hall–Kier alpha value is 0.440. The van der Waals surface area contributed by atoms with Crippen LogP contribution in [-0.4, -0.2) is 12.2 Å². The first-order chi connectivity index (χ1) is 5.91. The third-order valence-corrected chi connectivity index (χ3v) is 3.46. The van der Waals surface area contributed by atoms with Gasteiger partial charge < -0.3 is 0 Å². The van der Waals surface area contributed by atoms with E-state index in [2.05, 4.69) is 0 Å². The summed E-state index contributed by atoms with van der Waals surface area (Å²) in [5, 5.41) is 0. The largest absolute Gasteiger partial charge is 0.424 e. The van der Waals surface area contributed by atoms with E-state index in [9.17, 15) is 4.57 Å². The van der Waals surface area contributed by atoms with Gasteiger partial charge in [-0.1, -0.05) is 13.8 Å². The first kappa shape index (κ1) is 13.4. The lowest BCUT2D eigenvalue weighted by Crippen LogP contribution is -2.08. The average molecular weight is 229 g/mol. The van der Waals surface area contributed by atoms with Gasteiger partial charge in [-0.05, 0) is 26.7 Å². The van der Waals surface area contributed by atoms with Gasteiger partial charge in [0.2, 0.25) is 0 Å². The molecular weight excluding hydrogens is 211 g/mol. The molecule has 2 atom stereocenters. The number of rotatable bonds is 6. The zero-order valence-corrected chi connectivity index (χ0v) is 10.3. The number of halogens is 1. The lowest BCUT2D eigenvalue weighted by molar-refractivity contribution is 0.135. The first-order valence-corrected chi connectivity index (χ1v) is 7.02. The molecule has 0 amide bonds. The molecule has 0 N–H and O–H groups in total. The van der Waals surface area contributed by atoms with Crippen LogP contribution in [0, 0.1) is 0 Å². The Morgan fingerprint density at radius 3 is 1.69 bits per heavy atom. The van der Waals surface area contributed by atoms with Gasteiger partial charge in [0.15, 0.2) is 0 Å². The van der Waals surface area contributed by atoms with Crippen molar-refractivity contribution >= 4 is 18.2 Å². The Balaban J connectivity index is 4.00. The van der Waals surface area contributed by atoms with Crippen LogP contribution >= 0.6 is 18.2 Å². The van der Waals surface area contributed by atoms with Crippen LogP contribution in [0.1, 0.15) is 40.5 Å². The summed E-state index contributed by atoms with van der Waals surface area (Å²) in [6.07, 6.45) is 1.26. The van der Waals surface area contributed by atoms with Gasteiger partial charge in [0, 0.05) is 11.2 Å². The van der Waals surface area contributed by atoms with E-state index in [-0.39, 0.29) is 12.2 Å². The SMILES string of the molecule is CCC(C)OP(=O)(Cl)OC(C)CC. The molecule has 0 rings (SSSR count). The molecule has 0 aliphatic heterocycles. The minimum absolute atomic E-state index is 0.132. The van der Waals surface area contributed by atoms with Crippen molar-refractivity contribution in [2.75, 3.05) is 0 Å². The molecule has 0 aliphatic carbocycles. The second-order valence-corrected chi connectivity index (χ2v) is 5.60. The van der Waals surface area contributed by atoms with E-state index in [1.165, 1.54) is 0 Å². The molecule has 0 radical (unpaired) electrons. The molecule has 3 nitrogen and oxygen atoms in total. The Bertz CT molecular complexity index is 170. The quantitative estimate of drug-likeness (QED) is 0.646. The molecule has 0 heterocycles. The molecule has 2 unspecified atom stereocenters. The molecule has 5 heteroatoms. The summed E-state index contributed by atoms with van der Waals surface area (Å²) in [5.41, 5.74) is 0. The average Bonchev–Trinajstić information content (AvgIpc) is 2.02.